The SMILES string of the molecule is Cc1ccc(C(N)CCF)o1. The second-order valence-electron chi connectivity index (χ2n) is 2.53. The van der Waals surface area contributed by atoms with Crippen molar-refractivity contribution in [3.63, 3.8) is 0 Å². The molecule has 0 aliphatic heterocycles. The average Bonchev–Trinajstić information content (AvgIpc) is 2.36. The highest BCUT2D eigenvalue weighted by Gasteiger charge is 2.08. The first kappa shape index (κ1) is 8.27. The Morgan fingerprint density at radius 1 is 1.64 bits per heavy atom. The summed E-state index contributed by atoms with van der Waals surface area (Å²) < 4.78 is 17.0. The molecule has 0 aromatic carbocycles. The van der Waals surface area contributed by atoms with Gasteiger partial charge in [0.15, 0.2) is 0 Å². The van der Waals surface area contributed by atoms with Crippen molar-refractivity contribution in [3.8, 4) is 0 Å². The third-order valence-corrected chi connectivity index (χ3v) is 1.55. The number of halogens is 1. The molecule has 0 saturated carbocycles. The van der Waals surface area contributed by atoms with Gasteiger partial charge in [-0.2, -0.15) is 0 Å². The predicted octanol–water partition coefficient (Wildman–Crippen LogP) is 1.95. The fourth-order valence-electron chi connectivity index (χ4n) is 0.913. The van der Waals surface area contributed by atoms with Crippen molar-refractivity contribution in [1.82, 2.24) is 0 Å². The van der Waals surface area contributed by atoms with Crippen molar-refractivity contribution in [3.05, 3.63) is 23.7 Å². The van der Waals surface area contributed by atoms with Crippen molar-refractivity contribution >= 4 is 0 Å². The summed E-state index contributed by atoms with van der Waals surface area (Å²) in [6.07, 6.45) is 0.326. The Balaban J connectivity index is 2.60. The van der Waals surface area contributed by atoms with Crippen molar-refractivity contribution in [2.75, 3.05) is 6.67 Å². The molecule has 0 amide bonds. The average molecular weight is 157 g/mol. The van der Waals surface area contributed by atoms with Crippen LogP contribution in [-0.4, -0.2) is 6.67 Å². The summed E-state index contributed by atoms with van der Waals surface area (Å²) in [5.41, 5.74) is 5.59. The molecule has 2 nitrogen and oxygen atoms in total. The first-order valence-corrected chi connectivity index (χ1v) is 3.62. The third-order valence-electron chi connectivity index (χ3n) is 1.55. The van der Waals surface area contributed by atoms with E-state index in [0.717, 1.165) is 5.76 Å². The van der Waals surface area contributed by atoms with Crippen LogP contribution in [0, 0.1) is 6.92 Å². The third kappa shape index (κ3) is 2.05. The molecule has 1 atom stereocenters. The van der Waals surface area contributed by atoms with Gasteiger partial charge in [0.05, 0.1) is 12.7 Å². The quantitative estimate of drug-likeness (QED) is 0.728. The molecule has 3 heteroatoms. The molecule has 1 heterocycles. The topological polar surface area (TPSA) is 39.2 Å². The van der Waals surface area contributed by atoms with Crippen LogP contribution in [0.5, 0.6) is 0 Å². The zero-order valence-corrected chi connectivity index (χ0v) is 6.51. The van der Waals surface area contributed by atoms with E-state index in [9.17, 15) is 4.39 Å². The number of aryl methyl sites for hydroxylation is 1. The van der Waals surface area contributed by atoms with E-state index >= 15 is 0 Å². The van der Waals surface area contributed by atoms with Gasteiger partial charge in [-0.3, -0.25) is 4.39 Å². The summed E-state index contributed by atoms with van der Waals surface area (Å²) >= 11 is 0. The summed E-state index contributed by atoms with van der Waals surface area (Å²) in [7, 11) is 0. The van der Waals surface area contributed by atoms with Crippen LogP contribution >= 0.6 is 0 Å². The maximum absolute atomic E-state index is 11.8. The Bertz CT molecular complexity index is 222. The van der Waals surface area contributed by atoms with Crippen LogP contribution in [0.15, 0.2) is 16.5 Å². The zero-order valence-electron chi connectivity index (χ0n) is 6.51. The van der Waals surface area contributed by atoms with E-state index in [0.29, 0.717) is 12.2 Å². The normalized spacial score (nSPS) is 13.4. The molecule has 0 saturated heterocycles. The number of hydrogen-bond acceptors (Lipinski definition) is 2. The summed E-state index contributed by atoms with van der Waals surface area (Å²) in [6, 6.07) is 3.32. The van der Waals surface area contributed by atoms with Crippen LogP contribution in [-0.2, 0) is 0 Å². The molecule has 1 rings (SSSR count). The van der Waals surface area contributed by atoms with E-state index in [1.165, 1.54) is 0 Å². The van der Waals surface area contributed by atoms with E-state index in [4.69, 9.17) is 10.2 Å². The summed E-state index contributed by atoms with van der Waals surface area (Å²) in [4.78, 5) is 0. The minimum atomic E-state index is -0.402. The van der Waals surface area contributed by atoms with Crippen LogP contribution in [0.4, 0.5) is 4.39 Å². The number of alkyl halides is 1. The predicted molar refractivity (Wildman–Crippen MR) is 41.0 cm³/mol. The number of nitrogens with two attached hydrogens (primary N) is 1. The van der Waals surface area contributed by atoms with Crippen LogP contribution in [0.1, 0.15) is 24.0 Å². The molecule has 62 valence electrons. The van der Waals surface area contributed by atoms with E-state index < -0.39 is 6.67 Å². The molecule has 1 aromatic heterocycles. The van der Waals surface area contributed by atoms with Crippen molar-refractivity contribution < 1.29 is 8.81 Å². The van der Waals surface area contributed by atoms with Crippen molar-refractivity contribution in [1.29, 1.82) is 0 Å². The first-order valence-electron chi connectivity index (χ1n) is 3.62. The summed E-state index contributed by atoms with van der Waals surface area (Å²) in [5, 5.41) is 0. The lowest BCUT2D eigenvalue weighted by molar-refractivity contribution is 0.389. The van der Waals surface area contributed by atoms with Crippen LogP contribution < -0.4 is 5.73 Å². The monoisotopic (exact) mass is 157 g/mol. The molecule has 1 unspecified atom stereocenters. The van der Waals surface area contributed by atoms with E-state index in [1.807, 2.05) is 13.0 Å². The van der Waals surface area contributed by atoms with Gasteiger partial charge >= 0.3 is 0 Å². The molecule has 0 bridgehead atoms. The highest BCUT2D eigenvalue weighted by atomic mass is 19.1. The van der Waals surface area contributed by atoms with Crippen LogP contribution in [0.3, 0.4) is 0 Å². The minimum Gasteiger partial charge on any atom is -0.465 e. The summed E-state index contributed by atoms with van der Waals surface area (Å²) in [5.74, 6) is 1.48. The van der Waals surface area contributed by atoms with Gasteiger partial charge in [0, 0.05) is 0 Å². The van der Waals surface area contributed by atoms with E-state index in [-0.39, 0.29) is 6.04 Å². The fourth-order valence-corrected chi connectivity index (χ4v) is 0.913. The maximum atomic E-state index is 11.8. The smallest absolute Gasteiger partial charge is 0.120 e. The Hall–Kier alpha value is -0.830. The lowest BCUT2D eigenvalue weighted by atomic mass is 10.2. The molecule has 0 aliphatic carbocycles. The Labute approximate surface area is 65.2 Å². The van der Waals surface area contributed by atoms with Crippen LogP contribution in [0.25, 0.3) is 0 Å². The van der Waals surface area contributed by atoms with Crippen LogP contribution in [0.2, 0.25) is 0 Å². The molecule has 11 heavy (non-hydrogen) atoms. The maximum Gasteiger partial charge on any atom is 0.120 e. The molecular weight excluding hydrogens is 145 g/mol. The van der Waals surface area contributed by atoms with Crippen molar-refractivity contribution in [2.24, 2.45) is 5.73 Å². The molecule has 2 N–H and O–H groups in total. The largest absolute Gasteiger partial charge is 0.465 e. The fraction of sp³-hybridized carbons (Fsp3) is 0.500. The molecule has 0 radical (unpaired) electrons. The lowest BCUT2D eigenvalue weighted by Gasteiger charge is -2.03. The van der Waals surface area contributed by atoms with Crippen molar-refractivity contribution in [2.45, 2.75) is 19.4 Å². The number of hydrogen-bond donors (Lipinski definition) is 1. The second-order valence-corrected chi connectivity index (χ2v) is 2.53. The highest BCUT2D eigenvalue weighted by molar-refractivity contribution is 5.08. The molecule has 0 spiro atoms. The highest BCUT2D eigenvalue weighted by Crippen LogP contribution is 2.16. The Morgan fingerprint density at radius 3 is 2.82 bits per heavy atom. The van der Waals surface area contributed by atoms with Gasteiger partial charge in [-0.25, -0.2) is 0 Å². The van der Waals surface area contributed by atoms with Gasteiger partial charge in [0.25, 0.3) is 0 Å². The minimum absolute atomic E-state index is 0.298. The molecule has 0 aliphatic rings. The standard InChI is InChI=1S/C8H12FNO/c1-6-2-3-8(11-6)7(10)4-5-9/h2-3,7H,4-5,10H2,1H3. The van der Waals surface area contributed by atoms with E-state index in [1.54, 1.807) is 6.07 Å². The van der Waals surface area contributed by atoms with Gasteiger partial charge < -0.3 is 10.2 Å². The molecular formula is C8H12FNO. The first-order chi connectivity index (χ1) is 5.24. The summed E-state index contributed by atoms with van der Waals surface area (Å²) in [6.45, 7) is 1.44. The molecule has 1 aromatic rings. The van der Waals surface area contributed by atoms with Gasteiger partial charge in [-0.1, -0.05) is 0 Å². The van der Waals surface area contributed by atoms with Gasteiger partial charge in [-0.15, -0.1) is 0 Å². The number of rotatable bonds is 3. The Morgan fingerprint density at radius 2 is 2.36 bits per heavy atom. The lowest BCUT2D eigenvalue weighted by Crippen LogP contribution is -2.09. The van der Waals surface area contributed by atoms with Gasteiger partial charge in [-0.05, 0) is 25.5 Å². The van der Waals surface area contributed by atoms with Gasteiger partial charge in [0.2, 0.25) is 0 Å². The molecule has 0 fully saturated rings. The number of furan rings is 1. The zero-order chi connectivity index (χ0) is 8.27. The Kier molecular flexibility index (Phi) is 2.65. The second kappa shape index (κ2) is 3.53. The van der Waals surface area contributed by atoms with Gasteiger partial charge in [0.1, 0.15) is 11.5 Å². The van der Waals surface area contributed by atoms with E-state index in [2.05, 4.69) is 0 Å².